The normalized spacial score (nSPS) is 32.4. The average Bonchev–Trinajstić information content (AvgIpc) is 2.40. The summed E-state index contributed by atoms with van der Waals surface area (Å²) in [6.45, 7) is 1.98. The fourth-order valence-corrected chi connectivity index (χ4v) is 3.02. The number of methoxy groups -OCH3 is 1. The lowest BCUT2D eigenvalue weighted by Crippen LogP contribution is -2.50. The van der Waals surface area contributed by atoms with Crippen molar-refractivity contribution in [1.82, 2.24) is 5.32 Å². The van der Waals surface area contributed by atoms with Gasteiger partial charge >= 0.3 is 0 Å². The van der Waals surface area contributed by atoms with Crippen molar-refractivity contribution in [1.29, 1.82) is 0 Å². The molecule has 2 aliphatic rings. The zero-order chi connectivity index (χ0) is 11.7. The van der Waals surface area contributed by atoms with Gasteiger partial charge < -0.3 is 14.8 Å². The predicted octanol–water partition coefficient (Wildman–Crippen LogP) is 1.81. The van der Waals surface area contributed by atoms with Crippen molar-refractivity contribution in [2.75, 3.05) is 20.2 Å². The SMILES string of the molecule is COC1Cc2ccccc2C2(CCCNC2)O1. The van der Waals surface area contributed by atoms with Crippen molar-refractivity contribution >= 4 is 0 Å². The smallest absolute Gasteiger partial charge is 0.162 e. The monoisotopic (exact) mass is 233 g/mol. The van der Waals surface area contributed by atoms with Crippen LogP contribution in [-0.4, -0.2) is 26.5 Å². The quantitative estimate of drug-likeness (QED) is 0.802. The summed E-state index contributed by atoms with van der Waals surface area (Å²) in [5, 5.41) is 3.45. The van der Waals surface area contributed by atoms with Gasteiger partial charge in [0.05, 0.1) is 0 Å². The van der Waals surface area contributed by atoms with E-state index in [1.807, 2.05) is 0 Å². The van der Waals surface area contributed by atoms with E-state index in [1.165, 1.54) is 11.1 Å². The van der Waals surface area contributed by atoms with Crippen LogP contribution in [0.3, 0.4) is 0 Å². The third kappa shape index (κ3) is 1.88. The molecule has 1 saturated heterocycles. The van der Waals surface area contributed by atoms with Crippen molar-refractivity contribution in [3.8, 4) is 0 Å². The van der Waals surface area contributed by atoms with Crippen molar-refractivity contribution in [2.24, 2.45) is 0 Å². The summed E-state index contributed by atoms with van der Waals surface area (Å²) in [6, 6.07) is 8.60. The topological polar surface area (TPSA) is 30.5 Å². The maximum absolute atomic E-state index is 6.21. The van der Waals surface area contributed by atoms with Gasteiger partial charge in [-0.2, -0.15) is 0 Å². The largest absolute Gasteiger partial charge is 0.355 e. The fourth-order valence-electron chi connectivity index (χ4n) is 3.02. The van der Waals surface area contributed by atoms with Gasteiger partial charge in [-0.1, -0.05) is 24.3 Å². The van der Waals surface area contributed by atoms with Crippen LogP contribution >= 0.6 is 0 Å². The van der Waals surface area contributed by atoms with E-state index >= 15 is 0 Å². The Morgan fingerprint density at radius 3 is 3.06 bits per heavy atom. The Kier molecular flexibility index (Phi) is 2.90. The molecule has 1 fully saturated rings. The summed E-state index contributed by atoms with van der Waals surface area (Å²) in [7, 11) is 1.72. The second-order valence-electron chi connectivity index (χ2n) is 4.92. The first-order chi connectivity index (χ1) is 8.34. The molecule has 2 heterocycles. The first-order valence-electron chi connectivity index (χ1n) is 6.34. The second-order valence-corrected chi connectivity index (χ2v) is 4.92. The standard InChI is InChI=1S/C14H19NO2/c1-16-13-9-11-5-2-3-6-12(11)14(17-13)7-4-8-15-10-14/h2-3,5-6,13,15H,4,7-10H2,1H3. The van der Waals surface area contributed by atoms with Gasteiger partial charge in [-0.3, -0.25) is 0 Å². The van der Waals surface area contributed by atoms with Crippen LogP contribution in [-0.2, 0) is 21.5 Å². The molecule has 1 aromatic rings. The van der Waals surface area contributed by atoms with Crippen LogP contribution in [0.1, 0.15) is 24.0 Å². The van der Waals surface area contributed by atoms with Gasteiger partial charge in [-0.05, 0) is 30.5 Å². The molecule has 3 rings (SSSR count). The van der Waals surface area contributed by atoms with Gasteiger partial charge in [0.2, 0.25) is 0 Å². The molecule has 3 nitrogen and oxygen atoms in total. The molecule has 2 atom stereocenters. The number of rotatable bonds is 1. The number of nitrogens with one attached hydrogen (secondary N) is 1. The van der Waals surface area contributed by atoms with Crippen molar-refractivity contribution in [2.45, 2.75) is 31.2 Å². The van der Waals surface area contributed by atoms with Gasteiger partial charge in [0.1, 0.15) is 5.60 Å². The predicted molar refractivity (Wildman–Crippen MR) is 65.8 cm³/mol. The highest BCUT2D eigenvalue weighted by molar-refractivity contribution is 5.35. The maximum Gasteiger partial charge on any atom is 0.162 e. The zero-order valence-electron chi connectivity index (χ0n) is 10.2. The minimum atomic E-state index is -0.173. The number of piperidine rings is 1. The Morgan fingerprint density at radius 1 is 1.41 bits per heavy atom. The number of hydrogen-bond donors (Lipinski definition) is 1. The van der Waals surface area contributed by atoms with Crippen LogP contribution in [0.4, 0.5) is 0 Å². The van der Waals surface area contributed by atoms with Crippen molar-refractivity contribution in [3.05, 3.63) is 35.4 Å². The van der Waals surface area contributed by atoms with Crippen molar-refractivity contribution < 1.29 is 9.47 Å². The minimum Gasteiger partial charge on any atom is -0.355 e. The van der Waals surface area contributed by atoms with Gasteiger partial charge in [-0.15, -0.1) is 0 Å². The third-order valence-electron chi connectivity index (χ3n) is 3.86. The van der Waals surface area contributed by atoms with E-state index < -0.39 is 0 Å². The first kappa shape index (κ1) is 11.2. The summed E-state index contributed by atoms with van der Waals surface area (Å²) in [5.74, 6) is 0. The number of ether oxygens (including phenoxy) is 2. The van der Waals surface area contributed by atoms with E-state index in [9.17, 15) is 0 Å². The number of benzene rings is 1. The van der Waals surface area contributed by atoms with Crippen LogP contribution in [0.5, 0.6) is 0 Å². The highest BCUT2D eigenvalue weighted by Crippen LogP contribution is 2.40. The van der Waals surface area contributed by atoms with E-state index in [4.69, 9.17) is 9.47 Å². The molecule has 0 amide bonds. The summed E-state index contributed by atoms with van der Waals surface area (Å²) >= 11 is 0. The van der Waals surface area contributed by atoms with E-state index in [-0.39, 0.29) is 11.9 Å². The van der Waals surface area contributed by atoms with Gasteiger partial charge in [0.25, 0.3) is 0 Å². The molecular weight excluding hydrogens is 214 g/mol. The molecular formula is C14H19NO2. The van der Waals surface area contributed by atoms with Crippen LogP contribution in [0.2, 0.25) is 0 Å². The van der Waals surface area contributed by atoms with E-state index in [0.717, 1.165) is 32.4 Å². The van der Waals surface area contributed by atoms with Crippen molar-refractivity contribution in [3.63, 3.8) is 0 Å². The Morgan fingerprint density at radius 2 is 2.29 bits per heavy atom. The summed E-state index contributed by atoms with van der Waals surface area (Å²) in [6.07, 6.45) is 2.99. The lowest BCUT2D eigenvalue weighted by Gasteiger charge is -2.44. The Balaban J connectivity index is 2.02. The maximum atomic E-state index is 6.21. The molecule has 0 radical (unpaired) electrons. The average molecular weight is 233 g/mol. The summed E-state index contributed by atoms with van der Waals surface area (Å²) < 4.78 is 11.6. The fraction of sp³-hybridized carbons (Fsp3) is 0.571. The second kappa shape index (κ2) is 4.41. The van der Waals surface area contributed by atoms with Gasteiger partial charge in [0, 0.05) is 20.1 Å². The molecule has 1 aromatic carbocycles. The molecule has 0 aliphatic carbocycles. The molecule has 2 aliphatic heterocycles. The Hall–Kier alpha value is -0.900. The molecule has 2 unspecified atom stereocenters. The minimum absolute atomic E-state index is 0.107. The third-order valence-corrected chi connectivity index (χ3v) is 3.86. The molecule has 1 spiro atoms. The lowest BCUT2D eigenvalue weighted by atomic mass is 9.81. The zero-order valence-corrected chi connectivity index (χ0v) is 10.2. The van der Waals surface area contributed by atoms with Crippen LogP contribution in [0.25, 0.3) is 0 Å². The van der Waals surface area contributed by atoms with Crippen LogP contribution in [0.15, 0.2) is 24.3 Å². The number of hydrogen-bond acceptors (Lipinski definition) is 3. The molecule has 17 heavy (non-hydrogen) atoms. The van der Waals surface area contributed by atoms with Crippen LogP contribution in [0, 0.1) is 0 Å². The van der Waals surface area contributed by atoms with E-state index in [2.05, 4.69) is 29.6 Å². The Bertz CT molecular complexity index is 399. The highest BCUT2D eigenvalue weighted by Gasteiger charge is 2.42. The summed E-state index contributed by atoms with van der Waals surface area (Å²) in [4.78, 5) is 0. The van der Waals surface area contributed by atoms with Gasteiger partial charge in [0.15, 0.2) is 6.29 Å². The van der Waals surface area contributed by atoms with E-state index in [1.54, 1.807) is 7.11 Å². The number of fused-ring (bicyclic) bond motifs is 2. The molecule has 3 heteroatoms. The lowest BCUT2D eigenvalue weighted by molar-refractivity contribution is -0.218. The van der Waals surface area contributed by atoms with Crippen LogP contribution < -0.4 is 5.32 Å². The first-order valence-corrected chi connectivity index (χ1v) is 6.34. The molecule has 0 aromatic heterocycles. The Labute approximate surface area is 102 Å². The van der Waals surface area contributed by atoms with Gasteiger partial charge in [-0.25, -0.2) is 0 Å². The highest BCUT2D eigenvalue weighted by atomic mass is 16.7. The molecule has 1 N–H and O–H groups in total. The molecule has 0 bridgehead atoms. The molecule has 92 valence electrons. The van der Waals surface area contributed by atoms with E-state index in [0.29, 0.717) is 0 Å². The molecule has 0 saturated carbocycles. The summed E-state index contributed by atoms with van der Waals surface area (Å²) in [5.41, 5.74) is 2.54.